The Balaban J connectivity index is 2.76. The molecule has 0 saturated heterocycles. The molecule has 1 aromatic rings. The number of hydrogen-bond donors (Lipinski definition) is 1. The average molecular weight is 274 g/mol. The van der Waals surface area contributed by atoms with Gasteiger partial charge in [-0.3, -0.25) is 0 Å². The van der Waals surface area contributed by atoms with Crippen LogP contribution in [-0.4, -0.2) is 26.5 Å². The molecule has 4 nitrogen and oxygen atoms in total. The predicted octanol–water partition coefficient (Wildman–Crippen LogP) is 1.68. The molecule has 0 aliphatic heterocycles. The van der Waals surface area contributed by atoms with Gasteiger partial charge in [0, 0.05) is 12.3 Å². The maximum Gasteiger partial charge on any atom is 0.183 e. The van der Waals surface area contributed by atoms with Crippen LogP contribution >= 0.6 is 0 Å². The van der Waals surface area contributed by atoms with E-state index in [1.54, 1.807) is 0 Å². The van der Waals surface area contributed by atoms with Crippen molar-refractivity contribution in [1.29, 1.82) is 5.26 Å². The molecule has 7 heteroatoms. The Labute approximate surface area is 104 Å². The van der Waals surface area contributed by atoms with Crippen LogP contribution in [0.3, 0.4) is 0 Å². The van der Waals surface area contributed by atoms with E-state index in [2.05, 4.69) is 5.32 Å². The van der Waals surface area contributed by atoms with Gasteiger partial charge in [0.15, 0.2) is 21.5 Å². The van der Waals surface area contributed by atoms with Crippen molar-refractivity contribution >= 4 is 15.5 Å². The predicted molar refractivity (Wildman–Crippen MR) is 63.9 cm³/mol. The molecule has 1 rings (SSSR count). The molecule has 0 heterocycles. The van der Waals surface area contributed by atoms with Gasteiger partial charge in [-0.05, 0) is 12.1 Å². The van der Waals surface area contributed by atoms with Gasteiger partial charge in [-0.1, -0.05) is 6.92 Å². The topological polar surface area (TPSA) is 70.0 Å². The van der Waals surface area contributed by atoms with Crippen LogP contribution in [-0.2, 0) is 9.84 Å². The minimum atomic E-state index is -3.16. The minimum absolute atomic E-state index is 0.00110. The van der Waals surface area contributed by atoms with Crippen molar-refractivity contribution < 1.29 is 17.2 Å². The van der Waals surface area contributed by atoms with Gasteiger partial charge in [-0.25, -0.2) is 17.2 Å². The van der Waals surface area contributed by atoms with E-state index in [-0.39, 0.29) is 29.3 Å². The number of benzene rings is 1. The fourth-order valence-electron chi connectivity index (χ4n) is 1.26. The van der Waals surface area contributed by atoms with Gasteiger partial charge in [0.25, 0.3) is 0 Å². The van der Waals surface area contributed by atoms with E-state index >= 15 is 0 Å². The third-order valence-corrected chi connectivity index (χ3v) is 4.08. The smallest absolute Gasteiger partial charge is 0.183 e. The summed E-state index contributed by atoms with van der Waals surface area (Å²) in [5.41, 5.74) is -0.544. The number of nitrogens with zero attached hydrogens (tertiary/aromatic N) is 1. The summed E-state index contributed by atoms with van der Waals surface area (Å²) in [7, 11) is -3.16. The number of anilines is 1. The highest BCUT2D eigenvalue weighted by Crippen LogP contribution is 2.19. The SMILES string of the molecule is CCS(=O)(=O)CCNc1ccc(C#N)c(F)c1F. The van der Waals surface area contributed by atoms with Crippen LogP contribution in [0.15, 0.2) is 12.1 Å². The number of halogens is 2. The van der Waals surface area contributed by atoms with Gasteiger partial charge in [-0.2, -0.15) is 5.26 Å². The number of nitrogens with one attached hydrogen (secondary N) is 1. The van der Waals surface area contributed by atoms with E-state index in [9.17, 15) is 17.2 Å². The van der Waals surface area contributed by atoms with E-state index in [1.807, 2.05) is 0 Å². The molecule has 98 valence electrons. The summed E-state index contributed by atoms with van der Waals surface area (Å²) in [6.45, 7) is 1.50. The molecule has 18 heavy (non-hydrogen) atoms. The summed E-state index contributed by atoms with van der Waals surface area (Å²) in [6.07, 6.45) is 0. The zero-order valence-electron chi connectivity index (χ0n) is 9.70. The van der Waals surface area contributed by atoms with Crippen molar-refractivity contribution in [3.63, 3.8) is 0 Å². The van der Waals surface area contributed by atoms with Crippen LogP contribution in [0.25, 0.3) is 0 Å². The minimum Gasteiger partial charge on any atom is -0.382 e. The first-order valence-corrected chi connectivity index (χ1v) is 7.05. The monoisotopic (exact) mass is 274 g/mol. The van der Waals surface area contributed by atoms with Crippen LogP contribution in [0.4, 0.5) is 14.5 Å². The van der Waals surface area contributed by atoms with E-state index in [4.69, 9.17) is 5.26 Å². The van der Waals surface area contributed by atoms with E-state index < -0.39 is 21.5 Å². The molecule has 0 radical (unpaired) electrons. The first kappa shape index (κ1) is 14.4. The maximum atomic E-state index is 13.4. The lowest BCUT2D eigenvalue weighted by atomic mass is 10.2. The molecule has 1 N–H and O–H groups in total. The van der Waals surface area contributed by atoms with Crippen LogP contribution < -0.4 is 5.32 Å². The van der Waals surface area contributed by atoms with E-state index in [1.165, 1.54) is 19.1 Å². The molecule has 0 aliphatic rings. The van der Waals surface area contributed by atoms with Crippen LogP contribution in [0.1, 0.15) is 12.5 Å². The second kappa shape index (κ2) is 5.78. The van der Waals surface area contributed by atoms with Gasteiger partial charge in [0.05, 0.1) is 17.0 Å². The van der Waals surface area contributed by atoms with Crippen LogP contribution in [0.2, 0.25) is 0 Å². The van der Waals surface area contributed by atoms with Crippen molar-refractivity contribution in [2.75, 3.05) is 23.4 Å². The summed E-state index contributed by atoms with van der Waals surface area (Å²) in [4.78, 5) is 0. The van der Waals surface area contributed by atoms with Gasteiger partial charge in [0.1, 0.15) is 6.07 Å². The number of nitriles is 1. The van der Waals surface area contributed by atoms with E-state index in [0.717, 1.165) is 6.07 Å². The first-order valence-electron chi connectivity index (χ1n) is 5.23. The average Bonchev–Trinajstić information content (AvgIpc) is 2.35. The second-order valence-corrected chi connectivity index (χ2v) is 6.04. The Morgan fingerprint density at radius 1 is 1.33 bits per heavy atom. The Hall–Kier alpha value is -1.68. The van der Waals surface area contributed by atoms with Gasteiger partial charge >= 0.3 is 0 Å². The zero-order valence-corrected chi connectivity index (χ0v) is 10.5. The molecule has 0 unspecified atom stereocenters. The summed E-state index contributed by atoms with van der Waals surface area (Å²) < 4.78 is 49.0. The van der Waals surface area contributed by atoms with Crippen molar-refractivity contribution in [3.8, 4) is 6.07 Å². The Morgan fingerprint density at radius 3 is 2.56 bits per heavy atom. The molecule has 0 amide bonds. The van der Waals surface area contributed by atoms with Crippen molar-refractivity contribution in [2.45, 2.75) is 6.92 Å². The summed E-state index contributed by atoms with van der Waals surface area (Å²) in [6, 6.07) is 3.85. The molecule has 0 aliphatic carbocycles. The number of hydrogen-bond acceptors (Lipinski definition) is 4. The third kappa shape index (κ3) is 3.40. The Bertz CT molecular complexity index is 579. The standard InChI is InChI=1S/C11H12F2N2O2S/c1-2-18(16,17)6-5-15-9-4-3-8(7-14)10(12)11(9)13/h3-4,15H,2,5-6H2,1H3. The molecule has 0 saturated carbocycles. The molecule has 0 aromatic heterocycles. The lowest BCUT2D eigenvalue weighted by molar-refractivity contribution is 0.508. The molecular formula is C11H12F2N2O2S. The molecule has 0 spiro atoms. The third-order valence-electron chi connectivity index (χ3n) is 2.37. The zero-order chi connectivity index (χ0) is 13.8. The van der Waals surface area contributed by atoms with Gasteiger partial charge < -0.3 is 5.32 Å². The van der Waals surface area contributed by atoms with E-state index in [0.29, 0.717) is 0 Å². The Morgan fingerprint density at radius 2 is 2.00 bits per heavy atom. The normalized spacial score (nSPS) is 11.0. The van der Waals surface area contributed by atoms with Crippen LogP contribution in [0.5, 0.6) is 0 Å². The van der Waals surface area contributed by atoms with Crippen LogP contribution in [0, 0.1) is 23.0 Å². The van der Waals surface area contributed by atoms with Gasteiger partial charge in [-0.15, -0.1) is 0 Å². The number of rotatable bonds is 5. The number of sulfone groups is 1. The summed E-state index contributed by atoms with van der Waals surface area (Å²) >= 11 is 0. The lowest BCUT2D eigenvalue weighted by Crippen LogP contribution is -2.17. The van der Waals surface area contributed by atoms with Crippen molar-refractivity contribution in [1.82, 2.24) is 0 Å². The molecular weight excluding hydrogens is 262 g/mol. The molecule has 0 fully saturated rings. The fraction of sp³-hybridized carbons (Fsp3) is 0.364. The second-order valence-electron chi connectivity index (χ2n) is 3.56. The van der Waals surface area contributed by atoms with Crippen molar-refractivity contribution in [3.05, 3.63) is 29.3 Å². The summed E-state index contributed by atoms with van der Waals surface area (Å²) in [5.74, 6) is -2.58. The largest absolute Gasteiger partial charge is 0.382 e. The highest BCUT2D eigenvalue weighted by atomic mass is 32.2. The summed E-state index contributed by atoms with van der Waals surface area (Å²) in [5, 5.41) is 11.0. The van der Waals surface area contributed by atoms with Gasteiger partial charge in [0.2, 0.25) is 0 Å². The highest BCUT2D eigenvalue weighted by molar-refractivity contribution is 7.91. The molecule has 0 atom stereocenters. The molecule has 0 bridgehead atoms. The van der Waals surface area contributed by atoms with Crippen molar-refractivity contribution in [2.24, 2.45) is 0 Å². The quantitative estimate of drug-likeness (QED) is 0.887. The lowest BCUT2D eigenvalue weighted by Gasteiger charge is -2.08. The fourth-order valence-corrected chi connectivity index (χ4v) is 1.96. The Kier molecular flexibility index (Phi) is 4.62. The maximum absolute atomic E-state index is 13.4. The highest BCUT2D eigenvalue weighted by Gasteiger charge is 2.13. The molecule has 1 aromatic carbocycles. The first-order chi connectivity index (χ1) is 8.41.